The van der Waals surface area contributed by atoms with Crippen molar-refractivity contribution in [1.29, 1.82) is 0 Å². The van der Waals surface area contributed by atoms with Crippen LogP contribution in [0.15, 0.2) is 35.4 Å². The first-order valence-electron chi connectivity index (χ1n) is 8.90. The third-order valence-electron chi connectivity index (χ3n) is 4.57. The Morgan fingerprint density at radius 1 is 1.30 bits per heavy atom. The van der Waals surface area contributed by atoms with E-state index in [1.165, 1.54) is 22.2 Å². The van der Waals surface area contributed by atoms with Crippen molar-refractivity contribution in [2.24, 2.45) is 0 Å². The van der Waals surface area contributed by atoms with E-state index >= 15 is 0 Å². The lowest BCUT2D eigenvalue weighted by Crippen LogP contribution is -2.34. The third-order valence-corrected chi connectivity index (χ3v) is 5.83. The molecule has 0 fully saturated rings. The molecule has 2 heterocycles. The number of carbonyl (C=O) groups is 1. The summed E-state index contributed by atoms with van der Waals surface area (Å²) < 4.78 is 1.40. The van der Waals surface area contributed by atoms with Gasteiger partial charge in [-0.3, -0.25) is 14.2 Å². The van der Waals surface area contributed by atoms with Gasteiger partial charge in [-0.05, 0) is 31.0 Å². The highest BCUT2D eigenvalue weighted by Crippen LogP contribution is 2.35. The third kappa shape index (κ3) is 4.06. The van der Waals surface area contributed by atoms with Crippen molar-refractivity contribution in [3.05, 3.63) is 50.8 Å². The second-order valence-corrected chi connectivity index (χ2v) is 8.21. The van der Waals surface area contributed by atoms with Crippen molar-refractivity contribution in [3.63, 3.8) is 0 Å². The van der Waals surface area contributed by atoms with Gasteiger partial charge >= 0.3 is 0 Å². The van der Waals surface area contributed by atoms with Gasteiger partial charge in [-0.25, -0.2) is 4.98 Å². The van der Waals surface area contributed by atoms with E-state index in [1.807, 2.05) is 19.1 Å². The second-order valence-electron chi connectivity index (χ2n) is 6.57. The fourth-order valence-corrected chi connectivity index (χ4v) is 4.13. The molecular formula is C20H22ClN3O2S. The highest BCUT2D eigenvalue weighted by atomic mass is 35.5. The highest BCUT2D eigenvalue weighted by molar-refractivity contribution is 7.19. The van der Waals surface area contributed by atoms with Crippen molar-refractivity contribution in [2.45, 2.75) is 33.2 Å². The first-order chi connectivity index (χ1) is 12.9. The van der Waals surface area contributed by atoms with Crippen molar-refractivity contribution in [2.75, 3.05) is 13.6 Å². The smallest absolute Gasteiger partial charge is 0.263 e. The second kappa shape index (κ2) is 8.23. The molecule has 0 spiro atoms. The zero-order chi connectivity index (χ0) is 19.6. The zero-order valence-electron chi connectivity index (χ0n) is 15.7. The van der Waals surface area contributed by atoms with Gasteiger partial charge < -0.3 is 4.90 Å². The summed E-state index contributed by atoms with van der Waals surface area (Å²) in [7, 11) is 1.77. The maximum Gasteiger partial charge on any atom is 0.263 e. The maximum absolute atomic E-state index is 13.1. The molecule has 0 unspecified atom stereocenters. The Labute approximate surface area is 167 Å². The van der Waals surface area contributed by atoms with E-state index in [0.29, 0.717) is 21.8 Å². The fourth-order valence-electron chi connectivity index (χ4n) is 3.00. The lowest BCUT2D eigenvalue weighted by molar-refractivity contribution is -0.130. The van der Waals surface area contributed by atoms with Gasteiger partial charge in [0.25, 0.3) is 5.56 Å². The van der Waals surface area contributed by atoms with Crippen LogP contribution < -0.4 is 5.56 Å². The van der Waals surface area contributed by atoms with Crippen LogP contribution in [0.25, 0.3) is 21.3 Å². The molecule has 1 amide bonds. The van der Waals surface area contributed by atoms with E-state index in [1.54, 1.807) is 24.1 Å². The van der Waals surface area contributed by atoms with E-state index in [9.17, 15) is 9.59 Å². The Balaban J connectivity index is 2.01. The number of rotatable bonds is 6. The first kappa shape index (κ1) is 19.6. The fraction of sp³-hybridized carbons (Fsp3) is 0.350. The maximum atomic E-state index is 13.1. The molecule has 0 aliphatic heterocycles. The molecule has 0 atom stereocenters. The zero-order valence-corrected chi connectivity index (χ0v) is 17.2. The Morgan fingerprint density at radius 2 is 2.00 bits per heavy atom. The number of hydrogen-bond acceptors (Lipinski definition) is 4. The van der Waals surface area contributed by atoms with Crippen molar-refractivity contribution < 1.29 is 4.79 Å². The molecule has 1 aromatic carbocycles. The summed E-state index contributed by atoms with van der Waals surface area (Å²) in [6.07, 6.45) is 3.43. The lowest BCUT2D eigenvalue weighted by atomic mass is 10.0. The van der Waals surface area contributed by atoms with Gasteiger partial charge in [-0.15, -0.1) is 11.3 Å². The molecule has 7 heteroatoms. The number of aromatic nitrogens is 2. The molecule has 0 bridgehead atoms. The molecule has 0 saturated carbocycles. The van der Waals surface area contributed by atoms with Gasteiger partial charge in [0.15, 0.2) is 0 Å². The summed E-state index contributed by atoms with van der Waals surface area (Å²) in [5.74, 6) is -0.0910. The Bertz CT molecular complexity index is 1020. The van der Waals surface area contributed by atoms with Crippen LogP contribution >= 0.6 is 22.9 Å². The van der Waals surface area contributed by atoms with E-state index in [2.05, 4.69) is 11.9 Å². The average Bonchev–Trinajstić information content (AvgIpc) is 2.99. The quantitative estimate of drug-likeness (QED) is 0.615. The number of halogens is 1. The molecule has 0 N–H and O–H groups in total. The Kier molecular flexibility index (Phi) is 5.97. The van der Waals surface area contributed by atoms with Gasteiger partial charge in [0.05, 0.1) is 11.7 Å². The molecule has 0 radical (unpaired) electrons. The Hall–Kier alpha value is -2.18. The molecule has 3 aromatic rings. The molecule has 142 valence electrons. The van der Waals surface area contributed by atoms with Crippen LogP contribution in [0.5, 0.6) is 0 Å². The standard InChI is InChI=1S/C20H22ClN3O2S/c1-4-5-10-23(3)16(25)11-24-12-22-19-18(20(24)26)17(13(2)27-19)14-6-8-15(21)9-7-14/h6-9,12H,4-5,10-11H2,1-3H3. The van der Waals surface area contributed by atoms with Crippen LogP contribution in [0.3, 0.4) is 0 Å². The molecule has 0 saturated heterocycles. The summed E-state index contributed by atoms with van der Waals surface area (Å²) in [5, 5.41) is 1.21. The number of carbonyl (C=O) groups excluding carboxylic acids is 1. The van der Waals surface area contributed by atoms with Gasteiger partial charge in [0.1, 0.15) is 11.4 Å². The average molecular weight is 404 g/mol. The topological polar surface area (TPSA) is 55.2 Å². The number of amides is 1. The molecule has 2 aromatic heterocycles. The predicted octanol–water partition coefficient (Wildman–Crippen LogP) is 4.35. The molecule has 3 rings (SSSR count). The minimum atomic E-state index is -0.188. The van der Waals surface area contributed by atoms with Crippen molar-refractivity contribution in [3.8, 4) is 11.1 Å². The van der Waals surface area contributed by atoms with Crippen LogP contribution in [0.2, 0.25) is 5.02 Å². The van der Waals surface area contributed by atoms with Crippen LogP contribution in [0.4, 0.5) is 0 Å². The summed E-state index contributed by atoms with van der Waals surface area (Å²) >= 11 is 7.48. The molecule has 0 aliphatic carbocycles. The normalized spacial score (nSPS) is 11.1. The summed E-state index contributed by atoms with van der Waals surface area (Å²) in [6.45, 7) is 4.74. The van der Waals surface area contributed by atoms with E-state index < -0.39 is 0 Å². The number of benzene rings is 1. The molecule has 27 heavy (non-hydrogen) atoms. The van der Waals surface area contributed by atoms with Gasteiger partial charge in [0.2, 0.25) is 5.91 Å². The van der Waals surface area contributed by atoms with Crippen LogP contribution in [-0.2, 0) is 11.3 Å². The van der Waals surface area contributed by atoms with Crippen molar-refractivity contribution >= 4 is 39.1 Å². The number of aryl methyl sites for hydroxylation is 1. The predicted molar refractivity (Wildman–Crippen MR) is 112 cm³/mol. The van der Waals surface area contributed by atoms with Gasteiger partial charge in [-0.2, -0.15) is 0 Å². The number of thiophene rings is 1. The minimum Gasteiger partial charge on any atom is -0.344 e. The molecule has 0 aliphatic rings. The lowest BCUT2D eigenvalue weighted by Gasteiger charge is -2.17. The minimum absolute atomic E-state index is 0.00304. The van der Waals surface area contributed by atoms with E-state index in [4.69, 9.17) is 11.6 Å². The van der Waals surface area contributed by atoms with Gasteiger partial charge in [0, 0.05) is 29.1 Å². The highest BCUT2D eigenvalue weighted by Gasteiger charge is 2.18. The Morgan fingerprint density at radius 3 is 2.67 bits per heavy atom. The SMILES string of the molecule is CCCCN(C)C(=O)Cn1cnc2sc(C)c(-c3ccc(Cl)cc3)c2c1=O. The monoisotopic (exact) mass is 403 g/mol. The molecular weight excluding hydrogens is 382 g/mol. The number of hydrogen-bond donors (Lipinski definition) is 0. The number of likely N-dealkylation sites (N-methyl/N-ethyl adjacent to an activating group) is 1. The van der Waals surface area contributed by atoms with Crippen LogP contribution in [-0.4, -0.2) is 34.0 Å². The van der Waals surface area contributed by atoms with Crippen molar-refractivity contribution in [1.82, 2.24) is 14.5 Å². The van der Waals surface area contributed by atoms with E-state index in [-0.39, 0.29) is 18.0 Å². The number of fused-ring (bicyclic) bond motifs is 1. The number of unbranched alkanes of at least 4 members (excludes halogenated alkanes) is 1. The summed E-state index contributed by atoms with van der Waals surface area (Å²) in [5.41, 5.74) is 1.60. The van der Waals surface area contributed by atoms with Crippen LogP contribution in [0, 0.1) is 6.92 Å². The number of nitrogens with zero attached hydrogens (tertiary/aromatic N) is 3. The van der Waals surface area contributed by atoms with E-state index in [0.717, 1.165) is 28.8 Å². The van der Waals surface area contributed by atoms with Gasteiger partial charge in [-0.1, -0.05) is 37.1 Å². The first-order valence-corrected chi connectivity index (χ1v) is 10.1. The summed E-state index contributed by atoms with van der Waals surface area (Å²) in [4.78, 5) is 33.3. The summed E-state index contributed by atoms with van der Waals surface area (Å²) in [6, 6.07) is 7.41. The molecule has 5 nitrogen and oxygen atoms in total. The largest absolute Gasteiger partial charge is 0.344 e. The van der Waals surface area contributed by atoms with Crippen LogP contribution in [0.1, 0.15) is 24.6 Å².